The van der Waals surface area contributed by atoms with Gasteiger partial charge in [-0.2, -0.15) is 0 Å². The maximum atomic E-state index is 11.8. The molecule has 1 saturated carbocycles. The van der Waals surface area contributed by atoms with Crippen LogP contribution < -0.4 is 5.32 Å². The van der Waals surface area contributed by atoms with E-state index >= 15 is 0 Å². The van der Waals surface area contributed by atoms with Crippen molar-refractivity contribution in [2.45, 2.75) is 51.4 Å². The van der Waals surface area contributed by atoms with Gasteiger partial charge in [0.2, 0.25) is 5.91 Å². The van der Waals surface area contributed by atoms with Crippen LogP contribution in [0.1, 0.15) is 51.4 Å². The van der Waals surface area contributed by atoms with E-state index in [1.54, 1.807) is 0 Å². The van der Waals surface area contributed by atoms with Gasteiger partial charge in [0.15, 0.2) is 0 Å². The molecule has 1 aliphatic carbocycles. The molecule has 0 aromatic carbocycles. The normalized spacial score (nSPS) is 22.3. The molecule has 1 N–H and O–H groups in total. The average Bonchev–Trinajstić information content (AvgIpc) is 2.52. The van der Waals surface area contributed by atoms with E-state index in [4.69, 9.17) is 0 Å². The van der Waals surface area contributed by atoms with Crippen LogP contribution in [-0.2, 0) is 4.79 Å². The maximum absolute atomic E-state index is 11.8. The number of carbonyl (C=O) groups excluding carboxylic acids is 1. The van der Waals surface area contributed by atoms with Gasteiger partial charge in [-0.05, 0) is 32.4 Å². The van der Waals surface area contributed by atoms with Gasteiger partial charge in [-0.1, -0.05) is 32.1 Å². The van der Waals surface area contributed by atoms with Gasteiger partial charge < -0.3 is 15.1 Å². The van der Waals surface area contributed by atoms with Crippen LogP contribution in [-0.4, -0.2) is 62.0 Å². The third-order valence-electron chi connectivity index (χ3n) is 5.07. The molecule has 0 atom stereocenters. The highest BCUT2D eigenvalue weighted by Crippen LogP contribution is 2.27. The summed E-state index contributed by atoms with van der Waals surface area (Å²) >= 11 is 0. The van der Waals surface area contributed by atoms with Crippen molar-refractivity contribution in [1.82, 2.24) is 15.1 Å². The molecular weight excluding hydrogens is 262 g/mol. The second-order valence-electron chi connectivity index (χ2n) is 6.89. The van der Waals surface area contributed by atoms with E-state index in [9.17, 15) is 4.79 Å². The van der Waals surface area contributed by atoms with Crippen LogP contribution in [0.25, 0.3) is 0 Å². The number of likely N-dealkylation sites (N-methyl/N-ethyl adjacent to an activating group) is 1. The Balaban J connectivity index is 1.45. The highest BCUT2D eigenvalue weighted by molar-refractivity contribution is 5.75. The van der Waals surface area contributed by atoms with Gasteiger partial charge in [0.05, 0.1) is 0 Å². The summed E-state index contributed by atoms with van der Waals surface area (Å²) in [5, 5.41) is 3.09. The lowest BCUT2D eigenvalue weighted by molar-refractivity contribution is -0.121. The van der Waals surface area contributed by atoms with Gasteiger partial charge in [-0.25, -0.2) is 0 Å². The van der Waals surface area contributed by atoms with Gasteiger partial charge in [0.1, 0.15) is 0 Å². The molecule has 0 bridgehead atoms. The fourth-order valence-electron chi connectivity index (χ4n) is 3.50. The quantitative estimate of drug-likeness (QED) is 0.731. The van der Waals surface area contributed by atoms with Crippen molar-refractivity contribution in [3.63, 3.8) is 0 Å². The van der Waals surface area contributed by atoms with E-state index in [0.29, 0.717) is 0 Å². The second kappa shape index (κ2) is 9.42. The molecule has 1 aliphatic heterocycles. The van der Waals surface area contributed by atoms with Crippen molar-refractivity contribution in [3.05, 3.63) is 0 Å². The largest absolute Gasteiger partial charge is 0.356 e. The highest BCUT2D eigenvalue weighted by Gasteiger charge is 2.15. The van der Waals surface area contributed by atoms with E-state index in [-0.39, 0.29) is 5.91 Å². The first-order chi connectivity index (χ1) is 10.2. The van der Waals surface area contributed by atoms with Crippen molar-refractivity contribution in [2.75, 3.05) is 46.3 Å². The molecule has 1 heterocycles. The number of hydrogen-bond donors (Lipinski definition) is 1. The van der Waals surface area contributed by atoms with Crippen LogP contribution >= 0.6 is 0 Å². The Hall–Kier alpha value is -0.610. The van der Waals surface area contributed by atoms with Crippen molar-refractivity contribution in [3.8, 4) is 0 Å². The minimum atomic E-state index is 0.263. The summed E-state index contributed by atoms with van der Waals surface area (Å²) in [6.07, 6.45) is 9.75. The smallest absolute Gasteiger partial charge is 0.220 e. The zero-order chi connectivity index (χ0) is 14.9. The molecule has 0 spiro atoms. The number of amides is 1. The van der Waals surface area contributed by atoms with E-state index in [0.717, 1.165) is 38.3 Å². The Morgan fingerprint density at radius 2 is 1.81 bits per heavy atom. The Morgan fingerprint density at radius 1 is 1.10 bits per heavy atom. The zero-order valence-electron chi connectivity index (χ0n) is 13.8. The lowest BCUT2D eigenvalue weighted by Gasteiger charge is -2.32. The number of piperazine rings is 1. The van der Waals surface area contributed by atoms with E-state index in [2.05, 4.69) is 22.2 Å². The first-order valence-electron chi connectivity index (χ1n) is 8.91. The predicted molar refractivity (Wildman–Crippen MR) is 87.4 cm³/mol. The first kappa shape index (κ1) is 16.8. The van der Waals surface area contributed by atoms with Crippen LogP contribution in [0.15, 0.2) is 0 Å². The molecule has 2 fully saturated rings. The summed E-state index contributed by atoms with van der Waals surface area (Å²) in [6.45, 7) is 6.66. The summed E-state index contributed by atoms with van der Waals surface area (Å²) in [6, 6.07) is 0. The number of rotatable bonds is 7. The van der Waals surface area contributed by atoms with Crippen molar-refractivity contribution in [2.24, 2.45) is 5.92 Å². The Morgan fingerprint density at radius 3 is 2.52 bits per heavy atom. The van der Waals surface area contributed by atoms with E-state index < -0.39 is 0 Å². The van der Waals surface area contributed by atoms with Crippen LogP contribution in [0.5, 0.6) is 0 Å². The van der Waals surface area contributed by atoms with Gasteiger partial charge in [0, 0.05) is 39.1 Å². The van der Waals surface area contributed by atoms with E-state index in [1.165, 1.54) is 58.3 Å². The van der Waals surface area contributed by atoms with Gasteiger partial charge in [-0.3, -0.25) is 4.79 Å². The lowest BCUT2D eigenvalue weighted by Crippen LogP contribution is -2.45. The number of hydrogen-bond acceptors (Lipinski definition) is 3. The monoisotopic (exact) mass is 295 g/mol. The molecule has 0 unspecified atom stereocenters. The number of nitrogens with zero attached hydrogens (tertiary/aromatic N) is 2. The maximum Gasteiger partial charge on any atom is 0.220 e. The fraction of sp³-hybridized carbons (Fsp3) is 0.941. The molecule has 0 aromatic rings. The predicted octanol–water partition coefficient (Wildman–Crippen LogP) is 2.10. The SMILES string of the molecule is CN1CCN(CCCNC(=O)CCC2CCCCC2)CC1. The molecule has 21 heavy (non-hydrogen) atoms. The molecule has 4 heteroatoms. The van der Waals surface area contributed by atoms with E-state index in [1.807, 2.05) is 0 Å². The van der Waals surface area contributed by atoms with Gasteiger partial charge in [-0.15, -0.1) is 0 Å². The summed E-state index contributed by atoms with van der Waals surface area (Å²) < 4.78 is 0. The first-order valence-corrected chi connectivity index (χ1v) is 8.91. The summed E-state index contributed by atoms with van der Waals surface area (Å²) in [5.41, 5.74) is 0. The van der Waals surface area contributed by atoms with Gasteiger partial charge >= 0.3 is 0 Å². The molecule has 4 nitrogen and oxygen atoms in total. The summed E-state index contributed by atoms with van der Waals surface area (Å²) in [5.74, 6) is 1.08. The molecule has 0 aromatic heterocycles. The molecule has 2 rings (SSSR count). The molecule has 2 aliphatic rings. The second-order valence-corrected chi connectivity index (χ2v) is 6.89. The Bertz CT molecular complexity index is 294. The number of carbonyl (C=O) groups is 1. The molecule has 0 radical (unpaired) electrons. The van der Waals surface area contributed by atoms with Crippen LogP contribution in [0.2, 0.25) is 0 Å². The lowest BCUT2D eigenvalue weighted by atomic mass is 9.86. The molecule has 1 saturated heterocycles. The third kappa shape index (κ3) is 6.79. The zero-order valence-corrected chi connectivity index (χ0v) is 13.8. The topological polar surface area (TPSA) is 35.6 Å². The van der Waals surface area contributed by atoms with Crippen LogP contribution in [0.4, 0.5) is 0 Å². The van der Waals surface area contributed by atoms with Gasteiger partial charge in [0.25, 0.3) is 0 Å². The minimum Gasteiger partial charge on any atom is -0.356 e. The fourth-order valence-corrected chi connectivity index (χ4v) is 3.50. The molecule has 122 valence electrons. The third-order valence-corrected chi connectivity index (χ3v) is 5.07. The van der Waals surface area contributed by atoms with Crippen LogP contribution in [0.3, 0.4) is 0 Å². The molecule has 1 amide bonds. The average molecular weight is 295 g/mol. The standard InChI is InChI=1S/C17H33N3O/c1-19-12-14-20(15-13-19)11-5-10-18-17(21)9-8-16-6-3-2-4-7-16/h16H,2-15H2,1H3,(H,18,21). The molecular formula is C17H33N3O. The highest BCUT2D eigenvalue weighted by atomic mass is 16.1. The Kier molecular flexibility index (Phi) is 7.51. The van der Waals surface area contributed by atoms with Crippen molar-refractivity contribution in [1.29, 1.82) is 0 Å². The van der Waals surface area contributed by atoms with Crippen molar-refractivity contribution < 1.29 is 4.79 Å². The van der Waals surface area contributed by atoms with Crippen LogP contribution in [0, 0.1) is 5.92 Å². The minimum absolute atomic E-state index is 0.263. The summed E-state index contributed by atoms with van der Waals surface area (Å²) in [7, 11) is 2.18. The Labute approximate surface area is 130 Å². The summed E-state index contributed by atoms with van der Waals surface area (Å²) in [4.78, 5) is 16.7. The van der Waals surface area contributed by atoms with Crippen molar-refractivity contribution >= 4 is 5.91 Å². The number of nitrogens with one attached hydrogen (secondary N) is 1.